The highest BCUT2D eigenvalue weighted by molar-refractivity contribution is 5.80. The van der Waals surface area contributed by atoms with Crippen LogP contribution in [0.3, 0.4) is 0 Å². The lowest BCUT2D eigenvalue weighted by Gasteiger charge is -1.92. The van der Waals surface area contributed by atoms with E-state index in [1.165, 1.54) is 0 Å². The molecule has 2 rings (SSSR count). The number of nitrogens with zero attached hydrogens (tertiary/aromatic N) is 1. The molecule has 1 amide bonds. The van der Waals surface area contributed by atoms with Gasteiger partial charge in [-0.25, -0.2) is 0 Å². The van der Waals surface area contributed by atoms with E-state index in [1.807, 2.05) is 24.3 Å². The van der Waals surface area contributed by atoms with Crippen molar-refractivity contribution < 1.29 is 9.32 Å². The molecule has 0 fully saturated rings. The van der Waals surface area contributed by atoms with Crippen LogP contribution in [0.2, 0.25) is 0 Å². The summed E-state index contributed by atoms with van der Waals surface area (Å²) in [4.78, 5) is 10.6. The van der Waals surface area contributed by atoms with Crippen LogP contribution in [-0.4, -0.2) is 11.1 Å². The van der Waals surface area contributed by atoms with Crippen molar-refractivity contribution in [3.8, 4) is 0 Å². The van der Waals surface area contributed by atoms with Gasteiger partial charge in [0, 0.05) is 18.2 Å². The van der Waals surface area contributed by atoms with Crippen LogP contribution in [0.1, 0.15) is 12.1 Å². The van der Waals surface area contributed by atoms with Crippen LogP contribution < -0.4 is 5.73 Å². The van der Waals surface area contributed by atoms with Crippen molar-refractivity contribution in [2.24, 2.45) is 5.73 Å². The molecule has 0 saturated heterocycles. The number of para-hydroxylation sites is 1. The number of primary amides is 1. The topological polar surface area (TPSA) is 69.1 Å². The Labute approximate surface area is 80.7 Å². The number of amides is 1. The molecule has 14 heavy (non-hydrogen) atoms. The minimum Gasteiger partial charge on any atom is -0.370 e. The molecule has 0 aliphatic carbocycles. The fraction of sp³-hybridized carbons (Fsp3) is 0.200. The second-order valence-electron chi connectivity index (χ2n) is 3.09. The van der Waals surface area contributed by atoms with Gasteiger partial charge in [-0.1, -0.05) is 17.3 Å². The van der Waals surface area contributed by atoms with Crippen molar-refractivity contribution in [3.63, 3.8) is 0 Å². The Morgan fingerprint density at radius 3 is 3.00 bits per heavy atom. The smallest absolute Gasteiger partial charge is 0.217 e. The van der Waals surface area contributed by atoms with E-state index in [1.54, 1.807) is 0 Å². The summed E-state index contributed by atoms with van der Waals surface area (Å²) in [6.45, 7) is 0. The van der Waals surface area contributed by atoms with Gasteiger partial charge < -0.3 is 10.3 Å². The molecular weight excluding hydrogens is 180 g/mol. The number of rotatable bonds is 3. The number of carbonyl (C=O) groups is 1. The van der Waals surface area contributed by atoms with Crippen molar-refractivity contribution in [2.45, 2.75) is 12.8 Å². The Kier molecular flexibility index (Phi) is 2.18. The molecule has 0 atom stereocenters. The van der Waals surface area contributed by atoms with Gasteiger partial charge in [0.1, 0.15) is 0 Å². The maximum atomic E-state index is 10.6. The fourth-order valence-corrected chi connectivity index (χ4v) is 1.36. The van der Waals surface area contributed by atoms with E-state index in [9.17, 15) is 4.79 Å². The summed E-state index contributed by atoms with van der Waals surface area (Å²) < 4.78 is 5.08. The normalized spacial score (nSPS) is 10.6. The average molecular weight is 190 g/mol. The molecule has 1 aromatic carbocycles. The fourth-order valence-electron chi connectivity index (χ4n) is 1.36. The van der Waals surface area contributed by atoms with Crippen LogP contribution in [0.4, 0.5) is 0 Å². The molecule has 0 aliphatic heterocycles. The molecule has 0 bridgehead atoms. The standard InChI is InChI=1S/C10H10N2O2/c11-10(13)6-5-8-7-3-1-2-4-9(7)14-12-8/h1-4H,5-6H2,(H2,11,13). The maximum Gasteiger partial charge on any atom is 0.217 e. The lowest BCUT2D eigenvalue weighted by atomic mass is 10.1. The molecule has 2 aromatic rings. The predicted octanol–water partition coefficient (Wildman–Crippen LogP) is 1.25. The Bertz CT molecular complexity index is 462. The summed E-state index contributed by atoms with van der Waals surface area (Å²) in [5.74, 6) is -0.322. The molecule has 2 N–H and O–H groups in total. The van der Waals surface area contributed by atoms with Crippen molar-refractivity contribution in [3.05, 3.63) is 30.0 Å². The molecule has 4 nitrogen and oxygen atoms in total. The van der Waals surface area contributed by atoms with Crippen molar-refractivity contribution >= 4 is 16.9 Å². The molecule has 0 unspecified atom stereocenters. The third-order valence-corrected chi connectivity index (χ3v) is 2.06. The van der Waals surface area contributed by atoms with E-state index in [-0.39, 0.29) is 5.91 Å². The lowest BCUT2D eigenvalue weighted by molar-refractivity contribution is -0.118. The van der Waals surface area contributed by atoms with Gasteiger partial charge in [-0.15, -0.1) is 0 Å². The number of hydrogen-bond donors (Lipinski definition) is 1. The predicted molar refractivity (Wildman–Crippen MR) is 51.5 cm³/mol. The van der Waals surface area contributed by atoms with Crippen molar-refractivity contribution in [2.75, 3.05) is 0 Å². The highest BCUT2D eigenvalue weighted by atomic mass is 16.5. The number of aromatic nitrogens is 1. The SMILES string of the molecule is NC(=O)CCc1noc2ccccc12. The van der Waals surface area contributed by atoms with Crippen LogP contribution in [0.5, 0.6) is 0 Å². The lowest BCUT2D eigenvalue weighted by Crippen LogP contribution is -2.11. The van der Waals surface area contributed by atoms with Gasteiger partial charge in [-0.2, -0.15) is 0 Å². The second-order valence-corrected chi connectivity index (χ2v) is 3.09. The minimum absolute atomic E-state index is 0.302. The van der Waals surface area contributed by atoms with E-state index in [0.717, 1.165) is 16.7 Å². The summed E-state index contributed by atoms with van der Waals surface area (Å²) in [7, 11) is 0. The minimum atomic E-state index is -0.322. The third kappa shape index (κ3) is 1.59. The number of fused-ring (bicyclic) bond motifs is 1. The second kappa shape index (κ2) is 3.49. The van der Waals surface area contributed by atoms with Gasteiger partial charge in [-0.3, -0.25) is 4.79 Å². The first-order valence-electron chi connectivity index (χ1n) is 4.39. The number of aryl methyl sites for hydroxylation is 1. The molecule has 0 aliphatic rings. The summed E-state index contributed by atoms with van der Waals surface area (Å²) in [6, 6.07) is 7.55. The maximum absolute atomic E-state index is 10.6. The summed E-state index contributed by atoms with van der Waals surface area (Å²) >= 11 is 0. The Morgan fingerprint density at radius 2 is 2.21 bits per heavy atom. The van der Waals surface area contributed by atoms with Crippen LogP contribution in [0.25, 0.3) is 11.0 Å². The molecule has 4 heteroatoms. The largest absolute Gasteiger partial charge is 0.370 e. The van der Waals surface area contributed by atoms with Gasteiger partial charge in [0.2, 0.25) is 5.91 Å². The van der Waals surface area contributed by atoms with E-state index < -0.39 is 0 Å². The number of hydrogen-bond acceptors (Lipinski definition) is 3. The van der Waals surface area contributed by atoms with Crippen LogP contribution >= 0.6 is 0 Å². The molecule has 0 radical (unpaired) electrons. The Balaban J connectivity index is 2.29. The van der Waals surface area contributed by atoms with Gasteiger partial charge >= 0.3 is 0 Å². The van der Waals surface area contributed by atoms with Gasteiger partial charge in [-0.05, 0) is 12.1 Å². The van der Waals surface area contributed by atoms with Crippen LogP contribution in [0.15, 0.2) is 28.8 Å². The summed E-state index contributed by atoms with van der Waals surface area (Å²) in [5, 5.41) is 4.84. The van der Waals surface area contributed by atoms with Crippen LogP contribution in [0, 0.1) is 0 Å². The molecule has 0 spiro atoms. The summed E-state index contributed by atoms with van der Waals surface area (Å²) in [6.07, 6.45) is 0.836. The zero-order valence-electron chi connectivity index (χ0n) is 7.56. The van der Waals surface area contributed by atoms with Gasteiger partial charge in [0.15, 0.2) is 5.58 Å². The zero-order chi connectivity index (χ0) is 9.97. The highest BCUT2D eigenvalue weighted by Gasteiger charge is 2.07. The molecule has 72 valence electrons. The van der Waals surface area contributed by atoms with E-state index in [2.05, 4.69) is 5.16 Å². The first-order chi connectivity index (χ1) is 6.77. The van der Waals surface area contributed by atoms with E-state index in [4.69, 9.17) is 10.3 Å². The average Bonchev–Trinajstić information content (AvgIpc) is 2.58. The van der Waals surface area contributed by atoms with Crippen LogP contribution in [-0.2, 0) is 11.2 Å². The van der Waals surface area contributed by atoms with Gasteiger partial charge in [0.25, 0.3) is 0 Å². The van der Waals surface area contributed by atoms with Crippen molar-refractivity contribution in [1.82, 2.24) is 5.16 Å². The van der Waals surface area contributed by atoms with E-state index >= 15 is 0 Å². The number of nitrogens with two attached hydrogens (primary N) is 1. The zero-order valence-corrected chi connectivity index (χ0v) is 7.56. The molecule has 0 saturated carbocycles. The van der Waals surface area contributed by atoms with E-state index in [0.29, 0.717) is 12.8 Å². The molecule has 1 heterocycles. The first-order valence-corrected chi connectivity index (χ1v) is 4.39. The van der Waals surface area contributed by atoms with Gasteiger partial charge in [0.05, 0.1) is 5.69 Å². The number of carbonyl (C=O) groups excluding carboxylic acids is 1. The highest BCUT2D eigenvalue weighted by Crippen LogP contribution is 2.18. The molecule has 1 aromatic heterocycles. The summed E-state index contributed by atoms with van der Waals surface area (Å²) in [5.41, 5.74) is 6.59. The van der Waals surface area contributed by atoms with Crippen molar-refractivity contribution in [1.29, 1.82) is 0 Å². The first kappa shape index (κ1) is 8.74. The third-order valence-electron chi connectivity index (χ3n) is 2.06. The number of benzene rings is 1. The molecular formula is C10H10N2O2. The Morgan fingerprint density at radius 1 is 1.43 bits per heavy atom. The quantitative estimate of drug-likeness (QED) is 0.791. The Hall–Kier alpha value is -1.84. The monoisotopic (exact) mass is 190 g/mol.